The molecule has 4 aliphatic rings. The summed E-state index contributed by atoms with van der Waals surface area (Å²) in [6.07, 6.45) is 16.4. The molecule has 61 heavy (non-hydrogen) atoms. The number of carbonyl (C=O) groups is 6. The van der Waals surface area contributed by atoms with Crippen LogP contribution in [0.25, 0.3) is 6.08 Å². The first kappa shape index (κ1) is 43.6. The number of hydrogen-bond acceptors (Lipinski definition) is 12. The van der Waals surface area contributed by atoms with Gasteiger partial charge in [-0.05, 0) is 105 Å². The molecule has 16 heteroatoms. The summed E-state index contributed by atoms with van der Waals surface area (Å²) in [6.45, 7) is 6.77. The Balaban J connectivity index is 0.721. The lowest BCUT2D eigenvalue weighted by Crippen LogP contribution is -2.54. The second kappa shape index (κ2) is 21.4. The number of rotatable bonds is 18. The molecule has 15 nitrogen and oxygen atoms in total. The van der Waals surface area contributed by atoms with Crippen LogP contribution < -0.4 is 15.5 Å². The Bertz CT molecular complexity index is 2070. The quantitative estimate of drug-likeness (QED) is 0.0789. The van der Waals surface area contributed by atoms with E-state index >= 15 is 0 Å². The number of likely N-dealkylation sites (tertiary alicyclic amines) is 1. The minimum atomic E-state index is -0.957. The first-order valence-corrected chi connectivity index (χ1v) is 22.7. The fraction of sp³-hybridized carbons (Fsp3) is 0.489. The first-order chi connectivity index (χ1) is 29.7. The normalized spacial score (nSPS) is 18.8. The number of unbranched alkanes of at least 4 members (excludes halogenated alkanes) is 4. The Labute approximate surface area is 361 Å². The van der Waals surface area contributed by atoms with Crippen molar-refractivity contribution in [1.82, 2.24) is 40.5 Å². The predicted molar refractivity (Wildman–Crippen MR) is 232 cm³/mol. The third kappa shape index (κ3) is 11.7. The molecule has 0 saturated carbocycles. The largest absolute Gasteiger partial charge is 0.353 e. The van der Waals surface area contributed by atoms with E-state index in [1.54, 1.807) is 48.4 Å². The summed E-state index contributed by atoms with van der Waals surface area (Å²) in [5, 5.41) is 14.0. The number of nitrogens with zero attached hydrogens (tertiary/aromatic N) is 7. The molecule has 3 saturated heterocycles. The second-order valence-electron chi connectivity index (χ2n) is 16.2. The van der Waals surface area contributed by atoms with Crippen LogP contribution in [0.4, 0.5) is 5.82 Å². The number of nitrogens with one attached hydrogen (secondary N) is 2. The van der Waals surface area contributed by atoms with Crippen LogP contribution in [0.5, 0.6) is 0 Å². The molecule has 322 valence electrons. The Morgan fingerprint density at radius 1 is 0.836 bits per heavy atom. The monoisotopic (exact) mass is 849 g/mol. The van der Waals surface area contributed by atoms with Crippen molar-refractivity contribution in [2.24, 2.45) is 5.92 Å². The molecule has 0 radical (unpaired) electrons. The van der Waals surface area contributed by atoms with Crippen molar-refractivity contribution in [3.05, 3.63) is 83.3 Å². The maximum Gasteiger partial charge on any atom is 0.274 e. The number of imide groups is 2. The highest BCUT2D eigenvalue weighted by atomic mass is 32.2. The van der Waals surface area contributed by atoms with E-state index in [4.69, 9.17) is 0 Å². The van der Waals surface area contributed by atoms with Crippen molar-refractivity contribution in [1.29, 1.82) is 0 Å². The lowest BCUT2D eigenvalue weighted by atomic mass is 9.91. The molecular weight excluding hydrogens is 795 g/mol. The van der Waals surface area contributed by atoms with Crippen LogP contribution in [0, 0.1) is 5.92 Å². The Morgan fingerprint density at radius 2 is 1.64 bits per heavy atom. The molecule has 1 aromatic carbocycles. The molecule has 0 spiro atoms. The van der Waals surface area contributed by atoms with Crippen LogP contribution in [0.15, 0.2) is 65.8 Å². The minimum absolute atomic E-state index is 0.0551. The topological polar surface area (TPSA) is 178 Å². The minimum Gasteiger partial charge on any atom is -0.353 e. The number of pyridine rings is 1. The summed E-state index contributed by atoms with van der Waals surface area (Å²) in [4.78, 5) is 87.8. The zero-order chi connectivity index (χ0) is 42.6. The highest BCUT2D eigenvalue weighted by Gasteiger charge is 2.44. The number of anilines is 1. The van der Waals surface area contributed by atoms with Crippen molar-refractivity contribution in [2.75, 3.05) is 63.0 Å². The van der Waals surface area contributed by atoms with Gasteiger partial charge in [0.25, 0.3) is 17.7 Å². The van der Waals surface area contributed by atoms with Gasteiger partial charge in [0.1, 0.15) is 6.04 Å². The first-order valence-electron chi connectivity index (χ1n) is 21.7. The molecular formula is C45H55N9O6S. The molecule has 1 unspecified atom stereocenters. The Morgan fingerprint density at radius 3 is 2.39 bits per heavy atom. The van der Waals surface area contributed by atoms with Crippen molar-refractivity contribution in [3.63, 3.8) is 0 Å². The van der Waals surface area contributed by atoms with Gasteiger partial charge < -0.3 is 15.1 Å². The zero-order valence-electron chi connectivity index (χ0n) is 34.6. The van der Waals surface area contributed by atoms with Gasteiger partial charge in [-0.15, -0.1) is 22.0 Å². The highest BCUT2D eigenvalue weighted by Crippen LogP contribution is 2.31. The van der Waals surface area contributed by atoms with Crippen LogP contribution >= 0.6 is 11.8 Å². The summed E-state index contributed by atoms with van der Waals surface area (Å²) in [6, 6.07) is 11.8. The fourth-order valence-electron chi connectivity index (χ4n) is 8.39. The molecule has 6 heterocycles. The van der Waals surface area contributed by atoms with E-state index in [0.717, 1.165) is 131 Å². The molecule has 3 fully saturated rings. The number of thioether (sulfide) groups is 1. The number of benzene rings is 1. The molecule has 6 amide bonds. The molecule has 1 atom stereocenters. The number of piperidine rings is 2. The molecule has 0 bridgehead atoms. The number of hydrogen-bond donors (Lipinski definition) is 2. The van der Waals surface area contributed by atoms with Gasteiger partial charge in [-0.25, -0.2) is 0 Å². The Kier molecular flexibility index (Phi) is 15.3. The van der Waals surface area contributed by atoms with E-state index < -0.39 is 23.8 Å². The number of amides is 6. The summed E-state index contributed by atoms with van der Waals surface area (Å²) < 4.78 is 0. The van der Waals surface area contributed by atoms with Crippen molar-refractivity contribution in [2.45, 2.75) is 81.6 Å². The van der Waals surface area contributed by atoms with Gasteiger partial charge in [0.2, 0.25) is 17.7 Å². The number of aromatic nitrogens is 3. The summed E-state index contributed by atoms with van der Waals surface area (Å²) in [5.74, 6) is 0.184. The van der Waals surface area contributed by atoms with E-state index in [9.17, 15) is 28.8 Å². The average Bonchev–Trinajstić information content (AvgIpc) is 3.53. The fourth-order valence-corrected chi connectivity index (χ4v) is 9.34. The van der Waals surface area contributed by atoms with E-state index in [0.29, 0.717) is 29.3 Å². The van der Waals surface area contributed by atoms with Crippen molar-refractivity contribution >= 4 is 59.1 Å². The smallest absolute Gasteiger partial charge is 0.274 e. The van der Waals surface area contributed by atoms with Crippen LogP contribution in [0.3, 0.4) is 0 Å². The van der Waals surface area contributed by atoms with E-state index in [-0.39, 0.29) is 30.6 Å². The van der Waals surface area contributed by atoms with Gasteiger partial charge in [-0.3, -0.25) is 48.9 Å². The van der Waals surface area contributed by atoms with Crippen molar-refractivity contribution < 1.29 is 28.8 Å². The van der Waals surface area contributed by atoms with Gasteiger partial charge in [0, 0.05) is 75.6 Å². The predicted octanol–water partition coefficient (Wildman–Crippen LogP) is 4.60. The average molecular weight is 850 g/mol. The standard InChI is InChI=1S/C45H55N9O6S/c55-40(16-10-33-9-7-20-46-31-33)47-21-4-3-8-32-18-23-53(24-19-32)45(60)37-13-15-39(50-49-37)52-27-25-51(26-28-52)22-5-1-2-6-29-61-34-11-12-35-36(30-34)44(59)54(43(35)58)38-14-17-41(56)48-42(38)57/h7,9-13,15-16,20,30-32,38H,1-6,8,14,17-19,21-29H2,(H,47,55)(H,48,56,57)/b16-10+. The molecule has 3 aromatic rings. The van der Waals surface area contributed by atoms with Crippen LogP contribution in [-0.2, 0) is 14.4 Å². The number of fused-ring (bicyclic) bond motifs is 1. The summed E-state index contributed by atoms with van der Waals surface area (Å²) in [5.41, 5.74) is 1.91. The molecule has 0 aliphatic carbocycles. The number of carbonyl (C=O) groups excluding carboxylic acids is 6. The third-order valence-electron chi connectivity index (χ3n) is 12.0. The van der Waals surface area contributed by atoms with Gasteiger partial charge in [-0.2, -0.15) is 0 Å². The molecule has 7 rings (SSSR count). The van der Waals surface area contributed by atoms with E-state index in [1.165, 1.54) is 0 Å². The van der Waals surface area contributed by atoms with Gasteiger partial charge in [-0.1, -0.05) is 31.7 Å². The Hall–Kier alpha value is -5.48. The van der Waals surface area contributed by atoms with Crippen LogP contribution in [0.1, 0.15) is 107 Å². The maximum atomic E-state index is 13.2. The zero-order valence-corrected chi connectivity index (χ0v) is 35.5. The van der Waals surface area contributed by atoms with Crippen LogP contribution in [0.2, 0.25) is 0 Å². The van der Waals surface area contributed by atoms with Crippen molar-refractivity contribution in [3.8, 4) is 0 Å². The van der Waals surface area contributed by atoms with Gasteiger partial charge in [0.15, 0.2) is 11.5 Å². The van der Waals surface area contributed by atoms with Gasteiger partial charge in [0.05, 0.1) is 11.1 Å². The maximum absolute atomic E-state index is 13.2. The summed E-state index contributed by atoms with van der Waals surface area (Å²) >= 11 is 1.66. The molecule has 2 N–H and O–H groups in total. The van der Waals surface area contributed by atoms with Crippen LogP contribution in [-0.4, -0.2) is 129 Å². The number of piperazine rings is 1. The van der Waals surface area contributed by atoms with E-state index in [1.807, 2.05) is 35.2 Å². The lowest BCUT2D eigenvalue weighted by Gasteiger charge is -2.35. The SMILES string of the molecule is O=C(/C=C/c1cccnc1)NCCCCC1CCN(C(=O)c2ccc(N3CCN(CCCCCCSc4ccc5c(c4)C(=O)N(C4CCC(=O)NC4=O)C5=O)CC3)nn2)CC1. The third-order valence-corrected chi connectivity index (χ3v) is 13.0. The lowest BCUT2D eigenvalue weighted by molar-refractivity contribution is -0.136. The van der Waals surface area contributed by atoms with E-state index in [2.05, 4.69) is 35.6 Å². The summed E-state index contributed by atoms with van der Waals surface area (Å²) in [7, 11) is 0. The molecule has 2 aromatic heterocycles. The van der Waals surface area contributed by atoms with Gasteiger partial charge >= 0.3 is 0 Å². The molecule has 4 aliphatic heterocycles. The highest BCUT2D eigenvalue weighted by molar-refractivity contribution is 7.99. The second-order valence-corrected chi connectivity index (χ2v) is 17.3.